The quantitative estimate of drug-likeness (QED) is 0.427. The van der Waals surface area contributed by atoms with Gasteiger partial charge in [-0.2, -0.15) is 0 Å². The third-order valence-electron chi connectivity index (χ3n) is 4.23. The van der Waals surface area contributed by atoms with Gasteiger partial charge in [-0.15, -0.1) is 0 Å². The average molecular weight is 336 g/mol. The fraction of sp³-hybridized carbons (Fsp3) is 0.579. The second kappa shape index (κ2) is 9.30. The first-order valence-electron chi connectivity index (χ1n) is 8.70. The molecule has 0 radical (unpaired) electrons. The largest absolute Gasteiger partial charge is 0.507 e. The average Bonchev–Trinajstić information content (AvgIpc) is 2.53. The molecule has 3 N–H and O–H groups in total. The molecule has 0 spiro atoms. The summed E-state index contributed by atoms with van der Waals surface area (Å²) in [6, 6.07) is 0. The Morgan fingerprint density at radius 3 is 1.42 bits per heavy atom. The predicted octanol–water partition coefficient (Wildman–Crippen LogP) is 4.64. The van der Waals surface area contributed by atoms with Gasteiger partial charge >= 0.3 is 0 Å². The number of hydrogen-bond donors (Lipinski definition) is 3. The molecule has 0 saturated heterocycles. The lowest BCUT2D eigenvalue weighted by atomic mass is 9.93. The second-order valence-electron chi connectivity index (χ2n) is 6.18. The van der Waals surface area contributed by atoms with Crippen molar-refractivity contribution >= 4 is 11.6 Å². The highest BCUT2D eigenvalue weighted by Crippen LogP contribution is 2.42. The first-order valence-corrected chi connectivity index (χ1v) is 8.70. The molecule has 0 aliphatic heterocycles. The molecule has 0 bridgehead atoms. The standard InChI is InChI=1S/C19H28O5/c1-4-6-8-10-13(20)15-17(22)12(3)18(23)16(19(15)24)14(21)11-9-7-5-2/h22-24H,4-11H2,1-3H3. The summed E-state index contributed by atoms with van der Waals surface area (Å²) in [5, 5.41) is 30.7. The maximum absolute atomic E-state index is 12.3. The minimum Gasteiger partial charge on any atom is -0.507 e. The maximum atomic E-state index is 12.3. The third kappa shape index (κ3) is 4.49. The van der Waals surface area contributed by atoms with Crippen molar-refractivity contribution in [3.05, 3.63) is 16.7 Å². The van der Waals surface area contributed by atoms with Gasteiger partial charge in [0.2, 0.25) is 0 Å². The molecule has 0 heterocycles. The van der Waals surface area contributed by atoms with Crippen molar-refractivity contribution in [1.82, 2.24) is 0 Å². The normalized spacial score (nSPS) is 10.8. The van der Waals surface area contributed by atoms with Crippen molar-refractivity contribution in [2.45, 2.75) is 72.1 Å². The number of carbonyl (C=O) groups excluding carboxylic acids is 2. The van der Waals surface area contributed by atoms with Crippen LogP contribution < -0.4 is 0 Å². The van der Waals surface area contributed by atoms with E-state index >= 15 is 0 Å². The lowest BCUT2D eigenvalue weighted by Crippen LogP contribution is -2.08. The van der Waals surface area contributed by atoms with E-state index in [0.29, 0.717) is 12.8 Å². The Morgan fingerprint density at radius 2 is 1.08 bits per heavy atom. The summed E-state index contributed by atoms with van der Waals surface area (Å²) in [5.74, 6) is -2.32. The number of benzene rings is 1. The van der Waals surface area contributed by atoms with Crippen LogP contribution in [0.2, 0.25) is 0 Å². The van der Waals surface area contributed by atoms with Crippen LogP contribution in [0.25, 0.3) is 0 Å². The number of phenolic OH excluding ortho intramolecular Hbond substituents is 3. The number of hydrogen-bond acceptors (Lipinski definition) is 5. The molecule has 0 saturated carbocycles. The van der Waals surface area contributed by atoms with Crippen LogP contribution in [0.3, 0.4) is 0 Å². The lowest BCUT2D eigenvalue weighted by Gasteiger charge is -2.15. The van der Waals surface area contributed by atoms with E-state index in [4.69, 9.17) is 0 Å². The van der Waals surface area contributed by atoms with Crippen molar-refractivity contribution in [2.75, 3.05) is 0 Å². The van der Waals surface area contributed by atoms with Gasteiger partial charge in [0.05, 0.1) is 0 Å². The Hall–Kier alpha value is -2.04. The molecule has 24 heavy (non-hydrogen) atoms. The van der Waals surface area contributed by atoms with E-state index in [1.54, 1.807) is 0 Å². The number of rotatable bonds is 10. The molecule has 5 heteroatoms. The van der Waals surface area contributed by atoms with Crippen molar-refractivity contribution in [3.8, 4) is 17.2 Å². The van der Waals surface area contributed by atoms with E-state index in [1.165, 1.54) is 6.92 Å². The molecule has 0 atom stereocenters. The number of Topliss-reactive ketones (excluding diaryl/α,β-unsaturated/α-hetero) is 2. The van der Waals surface area contributed by atoms with Gasteiger partial charge in [-0.05, 0) is 19.8 Å². The fourth-order valence-electron chi connectivity index (χ4n) is 2.69. The van der Waals surface area contributed by atoms with E-state index in [1.807, 2.05) is 13.8 Å². The molecule has 0 aliphatic carbocycles. The highest BCUT2D eigenvalue weighted by atomic mass is 16.3. The van der Waals surface area contributed by atoms with Gasteiger partial charge in [-0.25, -0.2) is 0 Å². The van der Waals surface area contributed by atoms with Crippen LogP contribution in [0.1, 0.15) is 91.5 Å². The summed E-state index contributed by atoms with van der Waals surface area (Å²) in [7, 11) is 0. The van der Waals surface area contributed by atoms with Crippen LogP contribution in [0.15, 0.2) is 0 Å². The lowest BCUT2D eigenvalue weighted by molar-refractivity contribution is 0.0971. The zero-order valence-electron chi connectivity index (χ0n) is 14.8. The van der Waals surface area contributed by atoms with Crippen molar-refractivity contribution in [3.63, 3.8) is 0 Å². The van der Waals surface area contributed by atoms with E-state index in [0.717, 1.165) is 25.7 Å². The summed E-state index contributed by atoms with van der Waals surface area (Å²) < 4.78 is 0. The van der Waals surface area contributed by atoms with Gasteiger partial charge in [-0.3, -0.25) is 9.59 Å². The zero-order chi connectivity index (χ0) is 18.3. The minimum atomic E-state index is -0.599. The molecular formula is C19H28O5. The van der Waals surface area contributed by atoms with Gasteiger partial charge in [0.25, 0.3) is 0 Å². The molecule has 1 aromatic carbocycles. The summed E-state index contributed by atoms with van der Waals surface area (Å²) >= 11 is 0. The van der Waals surface area contributed by atoms with Crippen molar-refractivity contribution in [1.29, 1.82) is 0 Å². The van der Waals surface area contributed by atoms with Crippen LogP contribution in [0.5, 0.6) is 17.2 Å². The van der Waals surface area contributed by atoms with Gasteiger partial charge in [0.1, 0.15) is 28.4 Å². The molecular weight excluding hydrogens is 308 g/mol. The Morgan fingerprint density at radius 1 is 0.708 bits per heavy atom. The van der Waals surface area contributed by atoms with E-state index in [9.17, 15) is 24.9 Å². The monoisotopic (exact) mass is 336 g/mol. The number of phenols is 3. The van der Waals surface area contributed by atoms with Crippen LogP contribution in [-0.2, 0) is 0 Å². The Balaban J connectivity index is 3.21. The van der Waals surface area contributed by atoms with Crippen molar-refractivity contribution in [2.24, 2.45) is 0 Å². The van der Waals surface area contributed by atoms with Crippen LogP contribution in [-0.4, -0.2) is 26.9 Å². The zero-order valence-corrected chi connectivity index (χ0v) is 14.8. The molecule has 5 nitrogen and oxygen atoms in total. The second-order valence-corrected chi connectivity index (χ2v) is 6.18. The smallest absolute Gasteiger partial charge is 0.170 e. The third-order valence-corrected chi connectivity index (χ3v) is 4.23. The van der Waals surface area contributed by atoms with E-state index in [-0.39, 0.29) is 29.5 Å². The first kappa shape index (κ1) is 20.0. The van der Waals surface area contributed by atoms with Gasteiger partial charge in [-0.1, -0.05) is 39.5 Å². The van der Waals surface area contributed by atoms with E-state index in [2.05, 4.69) is 0 Å². The van der Waals surface area contributed by atoms with E-state index < -0.39 is 28.8 Å². The van der Waals surface area contributed by atoms with Crippen LogP contribution in [0.4, 0.5) is 0 Å². The van der Waals surface area contributed by atoms with Crippen LogP contribution >= 0.6 is 0 Å². The summed E-state index contributed by atoms with van der Waals surface area (Å²) in [4.78, 5) is 24.7. The summed E-state index contributed by atoms with van der Waals surface area (Å²) in [5.41, 5.74) is -0.453. The predicted molar refractivity (Wildman–Crippen MR) is 93.1 cm³/mol. The fourth-order valence-corrected chi connectivity index (χ4v) is 2.69. The minimum absolute atomic E-state index is 0.0467. The molecule has 134 valence electrons. The topological polar surface area (TPSA) is 94.8 Å². The van der Waals surface area contributed by atoms with Gasteiger partial charge in [0.15, 0.2) is 11.6 Å². The molecule has 0 unspecified atom stereocenters. The summed E-state index contributed by atoms with van der Waals surface area (Å²) in [6.45, 7) is 5.45. The van der Waals surface area contributed by atoms with Gasteiger partial charge in [0, 0.05) is 18.4 Å². The first-order chi connectivity index (χ1) is 11.4. The number of carbonyl (C=O) groups is 2. The summed E-state index contributed by atoms with van der Waals surface area (Å²) in [6.07, 6.45) is 5.29. The maximum Gasteiger partial charge on any atom is 0.170 e. The Kier molecular flexibility index (Phi) is 7.75. The molecule has 0 amide bonds. The highest BCUT2D eigenvalue weighted by molar-refractivity contribution is 6.09. The molecule has 0 aromatic heterocycles. The van der Waals surface area contributed by atoms with Crippen molar-refractivity contribution < 1.29 is 24.9 Å². The molecule has 0 fully saturated rings. The number of unbranched alkanes of at least 4 members (excludes halogenated alkanes) is 4. The number of aromatic hydroxyl groups is 3. The molecule has 1 rings (SSSR count). The Bertz CT molecular complexity index is 555. The Labute approximate surface area is 143 Å². The molecule has 0 aliphatic rings. The van der Waals surface area contributed by atoms with Crippen LogP contribution in [0, 0.1) is 6.92 Å². The van der Waals surface area contributed by atoms with Gasteiger partial charge < -0.3 is 15.3 Å². The SMILES string of the molecule is CCCCCC(=O)c1c(O)c(C)c(O)c(C(=O)CCCCC)c1O. The number of ketones is 2. The molecule has 1 aromatic rings. The highest BCUT2D eigenvalue weighted by Gasteiger charge is 2.28.